The number of rotatable bonds is 76. The Labute approximate surface area is 638 Å². The van der Waals surface area contributed by atoms with Gasteiger partial charge in [-0.1, -0.05) is 399 Å². The summed E-state index contributed by atoms with van der Waals surface area (Å²) in [5.41, 5.74) is 0.776. The fourth-order valence-corrected chi connectivity index (χ4v) is 14.2. The largest absolute Gasteiger partial charge is 0.494 e. The van der Waals surface area contributed by atoms with Gasteiger partial charge in [-0.25, -0.2) is 0 Å². The summed E-state index contributed by atoms with van der Waals surface area (Å²) in [4.78, 5) is 65.1. The van der Waals surface area contributed by atoms with Gasteiger partial charge in [0.1, 0.15) is 18.5 Å². The molecule has 1 aliphatic heterocycles. The van der Waals surface area contributed by atoms with Crippen LogP contribution in [0.4, 0.5) is 0 Å². The van der Waals surface area contributed by atoms with Crippen molar-refractivity contribution in [3.8, 4) is 5.75 Å². The number of hydrogen-bond donors (Lipinski definition) is 2. The van der Waals surface area contributed by atoms with Gasteiger partial charge in [0.25, 0.3) is 0 Å². The number of carboxylic acid groups (broad SMARTS) is 1. The molecule has 0 radical (unpaired) electrons. The Morgan fingerprint density at radius 2 is 0.587 bits per heavy atom. The van der Waals surface area contributed by atoms with E-state index in [2.05, 4.69) is 27.7 Å². The van der Waals surface area contributed by atoms with Crippen LogP contribution >= 0.6 is 0 Å². The average Bonchev–Trinajstić information content (AvgIpc) is 0.786. The summed E-state index contributed by atoms with van der Waals surface area (Å²) in [6.07, 6.45) is 69.6. The number of carbonyl (C=O) groups excluding carboxylic acids is 4. The van der Waals surface area contributed by atoms with Crippen molar-refractivity contribution in [2.75, 3.05) is 20.3 Å². The minimum Gasteiger partial charge on any atom is -0.494 e. The molecule has 104 heavy (non-hydrogen) atoms. The van der Waals surface area contributed by atoms with Gasteiger partial charge in [-0.2, -0.15) is 0 Å². The summed E-state index contributed by atoms with van der Waals surface area (Å²) in [5.74, 6) is -1.97. The molecule has 0 aliphatic carbocycles. The molecule has 1 heterocycles. The van der Waals surface area contributed by atoms with Crippen LogP contribution in [-0.4, -0.2) is 91.1 Å². The highest BCUT2D eigenvalue weighted by atomic mass is 16.7. The minimum absolute atomic E-state index is 0.0516. The SMILES string of the molecule is CCCCCCCCCCCCCCCCCC(=O)O.CCCCCCCCCCCCCCCCCC(=O)OC1C(COC(=O)CCCOc2ccc(CO)cc2)OC(OC)C(OC(=O)CCCCCCCCCCCCCCCCC)C1OC(=O)CCCCCCCCCCCCCCCCC. The summed E-state index contributed by atoms with van der Waals surface area (Å²) >= 11 is 0. The number of methoxy groups -OCH3 is 1. The van der Waals surface area contributed by atoms with Crippen LogP contribution in [0.1, 0.15) is 457 Å². The molecule has 5 atom stereocenters. The zero-order valence-electron chi connectivity index (χ0n) is 68.3. The van der Waals surface area contributed by atoms with E-state index in [0.717, 1.165) is 76.2 Å². The molecule has 1 aromatic rings. The summed E-state index contributed by atoms with van der Waals surface area (Å²) in [6.45, 7) is 8.95. The monoisotopic (exact) mass is 1470 g/mol. The number of ether oxygens (including phenoxy) is 7. The van der Waals surface area contributed by atoms with Crippen molar-refractivity contribution in [3.05, 3.63) is 29.8 Å². The molecule has 1 aromatic carbocycles. The number of benzene rings is 1. The molecule has 0 aromatic heterocycles. The molecule has 2 N–H and O–H groups in total. The maximum Gasteiger partial charge on any atom is 0.306 e. The molecular formula is C90H164O14. The molecule has 608 valence electrons. The maximum atomic E-state index is 13.9. The van der Waals surface area contributed by atoms with Crippen LogP contribution < -0.4 is 4.74 Å². The normalized spacial score (nSPS) is 15.7. The number of aliphatic hydroxyl groups is 1. The number of aliphatic hydroxyl groups excluding tert-OH is 1. The molecule has 1 saturated heterocycles. The molecule has 5 unspecified atom stereocenters. The standard InChI is InChI=1S/C72H128O12.C18H36O2/c1-5-8-11-14-17-20-23-26-29-32-35-38-41-44-47-51-66(75)82-69-64(61-80-65(74)54-50-59-79-63-57-55-62(60-73)56-58-63)81-72(78-4)71(84-68(77)53-49-46-43-40-37-34-31-28-25-22-19-16-13-10-7-3)70(69)83-67(76)52-48-45-42-39-36-33-30-27-24-21-18-15-12-9-6-2;1-2-3-4-5-6-7-8-9-10-11-12-13-14-15-16-17-18(19)20/h55-58,64,69-73H,5-54,59-61H2,1-4H3;2-17H2,1H3,(H,19,20). The lowest BCUT2D eigenvalue weighted by atomic mass is 9.97. The van der Waals surface area contributed by atoms with E-state index in [1.54, 1.807) is 24.3 Å². The number of hydrogen-bond acceptors (Lipinski definition) is 13. The second-order valence-electron chi connectivity index (χ2n) is 30.8. The highest BCUT2D eigenvalue weighted by Crippen LogP contribution is 2.32. The molecule has 0 saturated carbocycles. The Hall–Kier alpha value is -3.75. The molecule has 1 aliphatic rings. The molecule has 14 nitrogen and oxygen atoms in total. The second kappa shape index (κ2) is 76.0. The number of carboxylic acids is 1. The van der Waals surface area contributed by atoms with Crippen LogP contribution in [0.25, 0.3) is 0 Å². The molecule has 14 heteroatoms. The molecule has 0 amide bonds. The Morgan fingerprint density at radius 3 is 0.865 bits per heavy atom. The highest BCUT2D eigenvalue weighted by Gasteiger charge is 2.53. The van der Waals surface area contributed by atoms with Gasteiger partial charge in [-0.15, -0.1) is 0 Å². The first-order chi connectivity index (χ1) is 51.0. The molecule has 0 bridgehead atoms. The zero-order chi connectivity index (χ0) is 75.5. The van der Waals surface area contributed by atoms with E-state index in [1.165, 1.54) is 302 Å². The predicted molar refractivity (Wildman–Crippen MR) is 429 cm³/mol. The Kier molecular flexibility index (Phi) is 71.8. The third-order valence-electron chi connectivity index (χ3n) is 20.9. The van der Waals surface area contributed by atoms with E-state index in [0.29, 0.717) is 37.9 Å². The number of esters is 4. The minimum atomic E-state index is -1.27. The van der Waals surface area contributed by atoms with Crippen LogP contribution in [-0.2, 0) is 59.0 Å². The second-order valence-corrected chi connectivity index (χ2v) is 30.8. The Balaban J connectivity index is 0.00000233. The first-order valence-electron chi connectivity index (χ1n) is 44.5. The summed E-state index contributed by atoms with van der Waals surface area (Å²) < 4.78 is 42.5. The number of unbranched alkanes of at least 4 members (excludes halogenated alkanes) is 56. The fraction of sp³-hybridized carbons (Fsp3) is 0.878. The topological polar surface area (TPSA) is 190 Å². The van der Waals surface area contributed by atoms with Gasteiger partial charge in [-0.3, -0.25) is 24.0 Å². The maximum absolute atomic E-state index is 13.9. The van der Waals surface area contributed by atoms with E-state index in [-0.39, 0.29) is 45.5 Å². The summed E-state index contributed by atoms with van der Waals surface area (Å²) in [5, 5.41) is 17.9. The zero-order valence-corrected chi connectivity index (χ0v) is 68.3. The van der Waals surface area contributed by atoms with Crippen LogP contribution in [0.5, 0.6) is 5.75 Å². The van der Waals surface area contributed by atoms with Gasteiger partial charge in [0.2, 0.25) is 0 Å². The van der Waals surface area contributed by atoms with E-state index in [1.807, 2.05) is 0 Å². The molecule has 0 spiro atoms. The fourth-order valence-electron chi connectivity index (χ4n) is 14.2. The van der Waals surface area contributed by atoms with Crippen molar-refractivity contribution in [1.82, 2.24) is 0 Å². The van der Waals surface area contributed by atoms with Gasteiger partial charge in [-0.05, 0) is 49.8 Å². The van der Waals surface area contributed by atoms with Crippen LogP contribution in [0.3, 0.4) is 0 Å². The van der Waals surface area contributed by atoms with Crippen LogP contribution in [0.15, 0.2) is 24.3 Å². The average molecular weight is 1470 g/mol. The first-order valence-corrected chi connectivity index (χ1v) is 44.5. The van der Waals surface area contributed by atoms with Crippen LogP contribution in [0, 0.1) is 0 Å². The van der Waals surface area contributed by atoms with Gasteiger partial charge in [0.05, 0.1) is 13.2 Å². The van der Waals surface area contributed by atoms with E-state index in [4.69, 9.17) is 38.3 Å². The van der Waals surface area contributed by atoms with Gasteiger partial charge in [0.15, 0.2) is 24.6 Å². The van der Waals surface area contributed by atoms with Crippen molar-refractivity contribution >= 4 is 29.8 Å². The lowest BCUT2D eigenvalue weighted by molar-refractivity contribution is -0.303. The number of carbonyl (C=O) groups is 5. The summed E-state index contributed by atoms with van der Waals surface area (Å²) in [6, 6.07) is 7.10. The van der Waals surface area contributed by atoms with Gasteiger partial charge >= 0.3 is 29.8 Å². The van der Waals surface area contributed by atoms with Gasteiger partial charge < -0.3 is 43.4 Å². The van der Waals surface area contributed by atoms with Crippen molar-refractivity contribution in [1.29, 1.82) is 0 Å². The van der Waals surface area contributed by atoms with Crippen LogP contribution in [0.2, 0.25) is 0 Å². The van der Waals surface area contributed by atoms with E-state index in [9.17, 15) is 29.1 Å². The quantitative estimate of drug-likeness (QED) is 0.0356. The van der Waals surface area contributed by atoms with Crippen molar-refractivity contribution < 1.29 is 67.3 Å². The molecule has 2 rings (SSSR count). The third-order valence-corrected chi connectivity index (χ3v) is 20.9. The third kappa shape index (κ3) is 62.2. The smallest absolute Gasteiger partial charge is 0.306 e. The Morgan fingerprint density at radius 1 is 0.327 bits per heavy atom. The molecular weight excluding hydrogens is 1300 g/mol. The predicted octanol–water partition coefficient (Wildman–Crippen LogP) is 26.1. The van der Waals surface area contributed by atoms with Gasteiger partial charge in [0, 0.05) is 39.2 Å². The van der Waals surface area contributed by atoms with Crippen molar-refractivity contribution in [2.45, 2.75) is 489 Å². The summed E-state index contributed by atoms with van der Waals surface area (Å²) in [7, 11) is 1.43. The first kappa shape index (κ1) is 98.3. The number of aliphatic carboxylic acids is 1. The van der Waals surface area contributed by atoms with Crippen molar-refractivity contribution in [3.63, 3.8) is 0 Å². The van der Waals surface area contributed by atoms with Crippen molar-refractivity contribution in [2.24, 2.45) is 0 Å². The highest BCUT2D eigenvalue weighted by molar-refractivity contribution is 5.72. The van der Waals surface area contributed by atoms with E-state index >= 15 is 0 Å². The van der Waals surface area contributed by atoms with E-state index < -0.39 is 60.6 Å². The lowest BCUT2D eigenvalue weighted by Gasteiger charge is -2.44. The lowest BCUT2D eigenvalue weighted by Crippen LogP contribution is -2.63. The molecule has 1 fully saturated rings. The Bertz CT molecular complexity index is 2050.